The van der Waals surface area contributed by atoms with Crippen molar-refractivity contribution in [2.45, 2.75) is 32.0 Å². The highest BCUT2D eigenvalue weighted by Crippen LogP contribution is 2.30. The van der Waals surface area contributed by atoms with Crippen LogP contribution < -0.4 is 9.47 Å². The second kappa shape index (κ2) is 19.1. The monoisotopic (exact) mass is 847 g/mol. The summed E-state index contributed by atoms with van der Waals surface area (Å²) in [5.41, 5.74) is 5.81. The van der Waals surface area contributed by atoms with Crippen LogP contribution in [-0.2, 0) is 13.2 Å². The van der Waals surface area contributed by atoms with Crippen molar-refractivity contribution in [3.05, 3.63) is 181 Å². The fraction of sp³-hybridized carbons (Fsp3) is 0.149. The molecule has 0 spiro atoms. The Kier molecular flexibility index (Phi) is 12.6. The van der Waals surface area contributed by atoms with E-state index in [1.807, 2.05) is 66.7 Å². The van der Waals surface area contributed by atoms with Gasteiger partial charge in [-0.2, -0.15) is 10.2 Å². The first-order valence-electron chi connectivity index (χ1n) is 19.9. The van der Waals surface area contributed by atoms with Crippen molar-refractivity contribution in [1.82, 2.24) is 44.4 Å². The number of aromatic nitrogens is 8. The molecule has 0 radical (unpaired) electrons. The lowest BCUT2D eigenvalue weighted by Gasteiger charge is -2.31. The lowest BCUT2D eigenvalue weighted by Crippen LogP contribution is -2.42. The molecule has 14 nitrogen and oxygen atoms in total. The zero-order valence-corrected chi connectivity index (χ0v) is 33.6. The van der Waals surface area contributed by atoms with Gasteiger partial charge in [0.05, 0.1) is 58.9 Å². The summed E-state index contributed by atoms with van der Waals surface area (Å²) in [6.07, 6.45) is 9.06. The third-order valence-electron chi connectivity index (χ3n) is 9.91. The number of hydrogen-bond acceptors (Lipinski definition) is 10. The van der Waals surface area contributed by atoms with Crippen LogP contribution >= 0.6 is 0 Å². The van der Waals surface area contributed by atoms with Crippen LogP contribution in [0.4, 0.5) is 8.78 Å². The Morgan fingerprint density at radius 3 is 1.51 bits per heavy atom. The number of rotatable bonds is 12. The smallest absolute Gasteiger partial charge is 0.356 e. The lowest BCUT2D eigenvalue weighted by atomic mass is 10.1. The van der Waals surface area contributed by atoms with Gasteiger partial charge in [-0.25, -0.2) is 22.9 Å². The zero-order chi connectivity index (χ0) is 43.6. The molecule has 1 aliphatic rings. The predicted octanol–water partition coefficient (Wildman–Crippen LogP) is 8.39. The number of likely N-dealkylation sites (tertiary alicyclic amines) is 1. The molecule has 0 bridgehead atoms. The van der Waals surface area contributed by atoms with Crippen LogP contribution in [0.25, 0.3) is 34.2 Å². The molecule has 0 unspecified atom stereocenters. The van der Waals surface area contributed by atoms with Gasteiger partial charge < -0.3 is 19.5 Å². The van der Waals surface area contributed by atoms with E-state index >= 15 is 0 Å². The highest BCUT2D eigenvalue weighted by molar-refractivity contribution is 5.93. The van der Waals surface area contributed by atoms with Crippen LogP contribution in [0.5, 0.6) is 11.5 Å². The van der Waals surface area contributed by atoms with Crippen LogP contribution in [0, 0.1) is 0 Å². The normalized spacial score (nSPS) is 13.1. The number of benzene rings is 2. The van der Waals surface area contributed by atoms with Gasteiger partial charge in [0.15, 0.2) is 11.4 Å². The number of amides is 1. The fourth-order valence-corrected chi connectivity index (χ4v) is 6.60. The van der Waals surface area contributed by atoms with E-state index in [9.17, 15) is 23.5 Å². The van der Waals surface area contributed by atoms with Gasteiger partial charge in [0.2, 0.25) is 0 Å². The van der Waals surface area contributed by atoms with Gasteiger partial charge >= 0.3 is 5.97 Å². The van der Waals surface area contributed by atoms with Gasteiger partial charge in [0, 0.05) is 44.4 Å². The zero-order valence-electron chi connectivity index (χ0n) is 33.6. The molecule has 7 heterocycles. The minimum atomic E-state index is -2.73. The second-order valence-electron chi connectivity index (χ2n) is 14.3. The van der Waals surface area contributed by atoms with Crippen LogP contribution in [-0.4, -0.2) is 80.4 Å². The van der Waals surface area contributed by atoms with Crippen LogP contribution in [0.2, 0.25) is 0 Å². The highest BCUT2D eigenvalue weighted by atomic mass is 19.3. The maximum Gasteiger partial charge on any atom is 0.356 e. The summed E-state index contributed by atoms with van der Waals surface area (Å²) in [5.74, 6) is -2.99. The number of carbonyl (C=O) groups is 2. The van der Waals surface area contributed by atoms with Crippen LogP contribution in [0.15, 0.2) is 159 Å². The molecule has 2 aromatic carbocycles. The average Bonchev–Trinajstić information content (AvgIpc) is 3.99. The second-order valence-corrected chi connectivity index (χ2v) is 14.3. The molecule has 0 aliphatic carbocycles. The Morgan fingerprint density at radius 1 is 0.603 bits per heavy atom. The molecule has 63 heavy (non-hydrogen) atoms. The van der Waals surface area contributed by atoms with E-state index in [0.717, 1.165) is 11.1 Å². The van der Waals surface area contributed by atoms with Crippen molar-refractivity contribution in [3.8, 4) is 45.6 Å². The van der Waals surface area contributed by atoms with Gasteiger partial charge in [-0.3, -0.25) is 24.7 Å². The SMILES string of the molecule is O=C(O)c1cc(-c2ccc(OCc3ccccc3)cn2)n(-c2cccnc2)n1.O=C(c1cc(-c2ccc(OCc3ccccc3)cn2)n(-c2cccnc2)n1)N1CCC(F)(F)CC1. The van der Waals surface area contributed by atoms with Gasteiger partial charge in [-0.15, -0.1) is 0 Å². The molecule has 9 rings (SSSR count). The minimum Gasteiger partial charge on any atom is -0.487 e. The standard InChI is InChI=1S/C26H23F2N5O2.C21H16N4O3/c27-26(28)10-13-32(14-11-26)25(34)23-15-24(33(31-23)20-7-4-12-29-16-20)22-9-8-21(17-30-22)35-18-19-5-2-1-3-6-19;26-21(27)19-11-20(25(24-19)16-7-4-10-22-12-16)18-9-8-17(13-23-18)28-14-15-5-2-1-3-6-15/h1-9,12,15-17H,10-11,13-14,18H2;1-13H,14H2,(H,26,27). The number of pyridine rings is 4. The Balaban J connectivity index is 0.000000177. The molecule has 0 saturated carbocycles. The summed E-state index contributed by atoms with van der Waals surface area (Å²) in [5, 5.41) is 18.0. The van der Waals surface area contributed by atoms with Crippen molar-refractivity contribution < 1.29 is 33.0 Å². The number of piperidine rings is 1. The average molecular weight is 848 g/mol. The third kappa shape index (κ3) is 10.4. The van der Waals surface area contributed by atoms with E-state index in [-0.39, 0.29) is 43.2 Å². The summed E-state index contributed by atoms with van der Waals surface area (Å²) in [7, 11) is 0. The summed E-state index contributed by atoms with van der Waals surface area (Å²) < 4.78 is 41.8. The molecule has 1 amide bonds. The van der Waals surface area contributed by atoms with Gasteiger partial charge in [0.25, 0.3) is 11.8 Å². The molecule has 6 aromatic heterocycles. The van der Waals surface area contributed by atoms with Crippen molar-refractivity contribution in [1.29, 1.82) is 0 Å². The molecule has 1 fully saturated rings. The van der Waals surface area contributed by atoms with Crippen LogP contribution in [0.1, 0.15) is 44.9 Å². The molecule has 1 aliphatic heterocycles. The van der Waals surface area contributed by atoms with Gasteiger partial charge in [0.1, 0.15) is 24.7 Å². The van der Waals surface area contributed by atoms with E-state index in [0.29, 0.717) is 58.9 Å². The minimum absolute atomic E-state index is 0.00732. The third-order valence-corrected chi connectivity index (χ3v) is 9.91. The summed E-state index contributed by atoms with van der Waals surface area (Å²) >= 11 is 0. The molecule has 16 heteroatoms. The largest absolute Gasteiger partial charge is 0.487 e. The van der Waals surface area contributed by atoms with Gasteiger partial charge in [-0.1, -0.05) is 60.7 Å². The molecule has 8 aromatic rings. The molecule has 1 N–H and O–H groups in total. The Hall–Kier alpha value is -8.14. The van der Waals surface area contributed by atoms with Crippen molar-refractivity contribution in [2.24, 2.45) is 0 Å². The van der Waals surface area contributed by atoms with E-state index in [4.69, 9.17) is 9.47 Å². The first kappa shape index (κ1) is 41.6. The summed E-state index contributed by atoms with van der Waals surface area (Å²) in [6.45, 7) is 0.848. The molecular formula is C47H39F2N9O5. The topological polar surface area (TPSA) is 163 Å². The number of alkyl halides is 2. The van der Waals surface area contributed by atoms with Crippen molar-refractivity contribution in [2.75, 3.05) is 13.1 Å². The number of carbonyl (C=O) groups excluding carboxylic acids is 1. The van der Waals surface area contributed by atoms with E-state index in [1.165, 1.54) is 15.6 Å². The summed E-state index contributed by atoms with van der Waals surface area (Å²) in [6, 6.07) is 37.1. The Morgan fingerprint density at radius 2 is 1.08 bits per heavy atom. The maximum absolute atomic E-state index is 13.6. The van der Waals surface area contributed by atoms with Crippen LogP contribution in [0.3, 0.4) is 0 Å². The first-order chi connectivity index (χ1) is 30.7. The maximum atomic E-state index is 13.6. The molecule has 1 saturated heterocycles. The lowest BCUT2D eigenvalue weighted by molar-refractivity contribution is -0.0495. The number of carboxylic acid groups (broad SMARTS) is 1. The summed E-state index contributed by atoms with van der Waals surface area (Å²) in [4.78, 5) is 43.0. The van der Waals surface area contributed by atoms with Gasteiger partial charge in [-0.05, 0) is 65.7 Å². The molecule has 0 atom stereocenters. The number of carboxylic acids is 1. The molecular weight excluding hydrogens is 809 g/mol. The molecule has 316 valence electrons. The predicted molar refractivity (Wildman–Crippen MR) is 228 cm³/mol. The fourth-order valence-electron chi connectivity index (χ4n) is 6.60. The van der Waals surface area contributed by atoms with E-state index in [2.05, 4.69) is 30.1 Å². The Bertz CT molecular complexity index is 2750. The van der Waals surface area contributed by atoms with E-state index in [1.54, 1.807) is 90.4 Å². The number of aromatic carboxylic acids is 1. The first-order valence-corrected chi connectivity index (χ1v) is 19.9. The number of halogens is 2. The van der Waals surface area contributed by atoms with E-state index < -0.39 is 11.9 Å². The highest BCUT2D eigenvalue weighted by Gasteiger charge is 2.36. The number of nitrogens with zero attached hydrogens (tertiary/aromatic N) is 9. The Labute approximate surface area is 360 Å². The number of ether oxygens (including phenoxy) is 2. The van der Waals surface area contributed by atoms with Crippen molar-refractivity contribution >= 4 is 11.9 Å². The number of hydrogen-bond donors (Lipinski definition) is 1. The van der Waals surface area contributed by atoms with Crippen molar-refractivity contribution in [3.63, 3.8) is 0 Å². The quantitative estimate of drug-likeness (QED) is 0.126.